The maximum absolute atomic E-state index is 4.89. The molecule has 0 fully saturated rings. The molecule has 5 rings (SSSR count). The Hall–Kier alpha value is -2.82. The summed E-state index contributed by atoms with van der Waals surface area (Å²) in [5.74, 6) is 0. The van der Waals surface area contributed by atoms with Gasteiger partial charge in [0, 0.05) is 5.57 Å². The van der Waals surface area contributed by atoms with Crippen LogP contribution in [-0.4, -0.2) is 9.97 Å². The molecule has 3 aromatic carbocycles. The summed E-state index contributed by atoms with van der Waals surface area (Å²) < 4.78 is 2.40. The molecule has 2 aromatic heterocycles. The molecule has 0 radical (unpaired) electrons. The number of fused-ring (bicyclic) bond motifs is 2. The van der Waals surface area contributed by atoms with Crippen LogP contribution in [0.1, 0.15) is 21.1 Å². The monoisotopic (exact) mass is 384 g/mol. The first-order valence-corrected chi connectivity index (χ1v) is 10.4. The molecule has 0 spiro atoms. The van der Waals surface area contributed by atoms with Gasteiger partial charge in [-0.25, -0.2) is 9.97 Å². The van der Waals surface area contributed by atoms with E-state index in [4.69, 9.17) is 9.97 Å². The average molecular weight is 385 g/mol. The zero-order valence-corrected chi connectivity index (χ0v) is 16.3. The highest BCUT2D eigenvalue weighted by Gasteiger charge is 2.15. The van der Waals surface area contributed by atoms with Crippen LogP contribution in [0.15, 0.2) is 72.8 Å². The summed E-state index contributed by atoms with van der Waals surface area (Å²) in [6.07, 6.45) is 2.20. The summed E-state index contributed by atoms with van der Waals surface area (Å²) in [6, 6.07) is 25.1. The Labute approximate surface area is 165 Å². The van der Waals surface area contributed by atoms with Gasteiger partial charge in [0.15, 0.2) is 0 Å². The minimum Gasteiger partial charge on any atom is -0.236 e. The normalized spacial score (nSPS) is 11.1. The Morgan fingerprint density at radius 3 is 1.74 bits per heavy atom. The maximum atomic E-state index is 4.89. The first-order chi connectivity index (χ1) is 13.3. The minimum absolute atomic E-state index is 1.01. The largest absolute Gasteiger partial charge is 0.236 e. The first kappa shape index (κ1) is 16.4. The smallest absolute Gasteiger partial charge is 0.127 e. The SMILES string of the molecule is Cc1ccc(C=C(c2nc3ccccc3s2)c2nc3ccccc3s2)cc1. The third kappa shape index (κ3) is 3.18. The van der Waals surface area contributed by atoms with Crippen LogP contribution < -0.4 is 0 Å². The summed E-state index contributed by atoms with van der Waals surface area (Å²) in [5, 5.41) is 2.02. The van der Waals surface area contributed by atoms with Gasteiger partial charge in [-0.1, -0.05) is 54.1 Å². The zero-order chi connectivity index (χ0) is 18.2. The first-order valence-electron chi connectivity index (χ1n) is 8.76. The number of hydrogen-bond acceptors (Lipinski definition) is 4. The fourth-order valence-corrected chi connectivity index (χ4v) is 5.05. The number of thiazole rings is 2. The van der Waals surface area contributed by atoms with E-state index >= 15 is 0 Å². The molecular formula is C23H16N2S2. The molecule has 2 heterocycles. The van der Waals surface area contributed by atoms with E-state index in [2.05, 4.69) is 73.7 Å². The molecule has 2 nitrogen and oxygen atoms in total. The van der Waals surface area contributed by atoms with Gasteiger partial charge in [0.1, 0.15) is 10.0 Å². The summed E-state index contributed by atoms with van der Waals surface area (Å²) in [5.41, 5.74) is 5.57. The molecule has 0 aliphatic heterocycles. The van der Waals surface area contributed by atoms with Crippen molar-refractivity contribution >= 4 is 54.8 Å². The van der Waals surface area contributed by atoms with E-state index in [1.54, 1.807) is 22.7 Å². The number of para-hydroxylation sites is 2. The highest BCUT2D eigenvalue weighted by molar-refractivity contribution is 7.22. The minimum atomic E-state index is 1.01. The molecule has 0 amide bonds. The van der Waals surface area contributed by atoms with Crippen molar-refractivity contribution in [1.82, 2.24) is 9.97 Å². The molecule has 0 N–H and O–H groups in total. The van der Waals surface area contributed by atoms with Gasteiger partial charge in [0.25, 0.3) is 0 Å². The molecule has 0 atom stereocenters. The third-order valence-electron chi connectivity index (χ3n) is 4.44. The van der Waals surface area contributed by atoms with Gasteiger partial charge in [-0.2, -0.15) is 0 Å². The lowest BCUT2D eigenvalue weighted by atomic mass is 10.1. The third-order valence-corrected chi connectivity index (χ3v) is 6.58. The van der Waals surface area contributed by atoms with Gasteiger partial charge in [0.2, 0.25) is 0 Å². The van der Waals surface area contributed by atoms with Gasteiger partial charge >= 0.3 is 0 Å². The Morgan fingerprint density at radius 1 is 0.704 bits per heavy atom. The second kappa shape index (κ2) is 6.72. The van der Waals surface area contributed by atoms with Crippen molar-refractivity contribution in [2.45, 2.75) is 6.92 Å². The number of hydrogen-bond donors (Lipinski definition) is 0. The molecule has 0 aliphatic carbocycles. The quantitative estimate of drug-likeness (QED) is 0.342. The zero-order valence-electron chi connectivity index (χ0n) is 14.7. The van der Waals surface area contributed by atoms with E-state index in [-0.39, 0.29) is 0 Å². The second-order valence-electron chi connectivity index (χ2n) is 6.44. The molecule has 0 aliphatic rings. The van der Waals surface area contributed by atoms with Gasteiger partial charge in [-0.05, 0) is 42.8 Å². The van der Waals surface area contributed by atoms with E-state index < -0.39 is 0 Å². The summed E-state index contributed by atoms with van der Waals surface area (Å²) >= 11 is 3.44. The van der Waals surface area contributed by atoms with Crippen molar-refractivity contribution in [3.8, 4) is 0 Å². The van der Waals surface area contributed by atoms with Crippen LogP contribution >= 0.6 is 22.7 Å². The lowest BCUT2D eigenvalue weighted by molar-refractivity contribution is 1.39. The number of nitrogens with zero attached hydrogens (tertiary/aromatic N) is 2. The second-order valence-corrected chi connectivity index (χ2v) is 8.50. The molecule has 4 heteroatoms. The predicted octanol–water partition coefficient (Wildman–Crippen LogP) is 6.80. The molecule has 27 heavy (non-hydrogen) atoms. The van der Waals surface area contributed by atoms with Crippen LogP contribution in [0.4, 0.5) is 0 Å². The Bertz CT molecular complexity index is 1130. The fraction of sp³-hybridized carbons (Fsp3) is 0.0435. The van der Waals surface area contributed by atoms with E-state index in [1.165, 1.54) is 15.0 Å². The van der Waals surface area contributed by atoms with E-state index in [0.717, 1.165) is 32.2 Å². The molecular weight excluding hydrogens is 368 g/mol. The highest BCUT2D eigenvalue weighted by Crippen LogP contribution is 2.36. The molecule has 0 saturated heterocycles. The number of rotatable bonds is 3. The van der Waals surface area contributed by atoms with Crippen molar-refractivity contribution < 1.29 is 0 Å². The van der Waals surface area contributed by atoms with E-state index in [0.29, 0.717) is 0 Å². The van der Waals surface area contributed by atoms with Crippen LogP contribution in [0.25, 0.3) is 32.1 Å². The predicted molar refractivity (Wildman–Crippen MR) is 117 cm³/mol. The van der Waals surface area contributed by atoms with Crippen molar-refractivity contribution in [1.29, 1.82) is 0 Å². The van der Waals surface area contributed by atoms with Crippen molar-refractivity contribution in [3.63, 3.8) is 0 Å². The molecule has 0 saturated carbocycles. The number of aryl methyl sites for hydroxylation is 1. The van der Waals surface area contributed by atoms with E-state index in [1.807, 2.05) is 12.1 Å². The molecule has 0 unspecified atom stereocenters. The summed E-state index contributed by atoms with van der Waals surface area (Å²) in [4.78, 5) is 9.78. The van der Waals surface area contributed by atoms with Crippen LogP contribution in [0.5, 0.6) is 0 Å². The molecule has 0 bridgehead atoms. The van der Waals surface area contributed by atoms with Crippen molar-refractivity contribution in [2.75, 3.05) is 0 Å². The number of benzene rings is 3. The Morgan fingerprint density at radius 2 is 1.22 bits per heavy atom. The van der Waals surface area contributed by atoms with Crippen LogP contribution in [0.3, 0.4) is 0 Å². The topological polar surface area (TPSA) is 25.8 Å². The van der Waals surface area contributed by atoms with Gasteiger partial charge in [-0.3, -0.25) is 0 Å². The van der Waals surface area contributed by atoms with Gasteiger partial charge in [0.05, 0.1) is 20.4 Å². The van der Waals surface area contributed by atoms with Gasteiger partial charge < -0.3 is 0 Å². The lowest BCUT2D eigenvalue weighted by Crippen LogP contribution is -1.87. The molecule has 130 valence electrons. The maximum Gasteiger partial charge on any atom is 0.127 e. The van der Waals surface area contributed by atoms with Crippen molar-refractivity contribution in [2.24, 2.45) is 0 Å². The Kier molecular flexibility index (Phi) is 4.07. The van der Waals surface area contributed by atoms with Crippen LogP contribution in [0, 0.1) is 6.92 Å². The Balaban J connectivity index is 1.72. The highest BCUT2D eigenvalue weighted by atomic mass is 32.1. The van der Waals surface area contributed by atoms with Crippen LogP contribution in [-0.2, 0) is 0 Å². The van der Waals surface area contributed by atoms with E-state index in [9.17, 15) is 0 Å². The molecule has 5 aromatic rings. The van der Waals surface area contributed by atoms with Crippen molar-refractivity contribution in [3.05, 3.63) is 93.9 Å². The number of aromatic nitrogens is 2. The van der Waals surface area contributed by atoms with Gasteiger partial charge in [-0.15, -0.1) is 22.7 Å². The summed E-state index contributed by atoms with van der Waals surface area (Å²) in [6.45, 7) is 2.11. The lowest BCUT2D eigenvalue weighted by Gasteiger charge is -2.02. The summed E-state index contributed by atoms with van der Waals surface area (Å²) in [7, 11) is 0. The fourth-order valence-electron chi connectivity index (χ4n) is 3.02. The van der Waals surface area contributed by atoms with Crippen LogP contribution in [0.2, 0.25) is 0 Å². The average Bonchev–Trinajstić information content (AvgIpc) is 3.31. The standard InChI is InChI=1S/C23H16N2S2/c1-15-10-12-16(13-11-15)14-17(22-24-18-6-2-4-8-20(18)26-22)23-25-19-7-3-5-9-21(19)27-23/h2-14H,1H3.